The highest BCUT2D eigenvalue weighted by atomic mass is 32.1. The number of anilines is 1. The molecular formula is C26H27N3O3S. The number of nitrogens with zero attached hydrogens (tertiary/aromatic N) is 3. The van der Waals surface area contributed by atoms with E-state index in [4.69, 9.17) is 9.72 Å². The second kappa shape index (κ2) is 8.98. The molecule has 0 fully saturated rings. The molecule has 2 aliphatic heterocycles. The van der Waals surface area contributed by atoms with Gasteiger partial charge in [0.25, 0.3) is 5.91 Å². The van der Waals surface area contributed by atoms with Crippen molar-refractivity contribution in [3.8, 4) is 17.0 Å². The monoisotopic (exact) mass is 461 g/mol. The van der Waals surface area contributed by atoms with Gasteiger partial charge in [-0.3, -0.25) is 14.5 Å². The lowest BCUT2D eigenvalue weighted by Gasteiger charge is -2.35. The van der Waals surface area contributed by atoms with Crippen LogP contribution in [0.25, 0.3) is 11.3 Å². The number of benzene rings is 2. The fourth-order valence-electron chi connectivity index (χ4n) is 4.45. The molecule has 3 aromatic rings. The summed E-state index contributed by atoms with van der Waals surface area (Å²) in [5.41, 5.74) is 4.90. The standard InChI is InChI=1S/C26H27N3O3S/c1-3-6-24-27-21(16-33-24)19-9-10-23-22(13-19)29(26(31)17(2)32-23)15-25(30)28-12-11-18-7-4-5-8-20(18)14-28/h4-5,7-10,13,16-17H,3,6,11-12,14-15H2,1-2H3. The number of carbonyl (C=O) groups excluding carboxylic acids is 2. The molecule has 33 heavy (non-hydrogen) atoms. The van der Waals surface area contributed by atoms with Crippen molar-refractivity contribution in [3.63, 3.8) is 0 Å². The van der Waals surface area contributed by atoms with Crippen LogP contribution >= 0.6 is 11.3 Å². The summed E-state index contributed by atoms with van der Waals surface area (Å²) in [6.07, 6.45) is 2.21. The van der Waals surface area contributed by atoms with Gasteiger partial charge in [0.1, 0.15) is 12.3 Å². The van der Waals surface area contributed by atoms with Crippen molar-refractivity contribution < 1.29 is 14.3 Å². The Morgan fingerprint density at radius 1 is 1.21 bits per heavy atom. The molecule has 0 spiro atoms. The Kier molecular flexibility index (Phi) is 5.89. The van der Waals surface area contributed by atoms with Gasteiger partial charge in [-0.15, -0.1) is 11.3 Å². The molecule has 170 valence electrons. The van der Waals surface area contributed by atoms with Crippen LogP contribution in [0.1, 0.15) is 36.4 Å². The van der Waals surface area contributed by atoms with Gasteiger partial charge in [-0.2, -0.15) is 0 Å². The summed E-state index contributed by atoms with van der Waals surface area (Å²) in [7, 11) is 0. The molecular weight excluding hydrogens is 434 g/mol. The molecule has 0 N–H and O–H groups in total. The number of hydrogen-bond acceptors (Lipinski definition) is 5. The van der Waals surface area contributed by atoms with Gasteiger partial charge >= 0.3 is 0 Å². The van der Waals surface area contributed by atoms with Crippen LogP contribution in [0, 0.1) is 0 Å². The molecule has 0 saturated carbocycles. The molecule has 3 heterocycles. The van der Waals surface area contributed by atoms with Crippen LogP contribution in [0.2, 0.25) is 0 Å². The third-order valence-corrected chi connectivity index (χ3v) is 7.16. The SMILES string of the molecule is CCCc1nc(-c2ccc3c(c2)N(CC(=O)N2CCc4ccccc4C2)C(=O)C(C)O3)cs1. The number of hydrogen-bond donors (Lipinski definition) is 0. The molecule has 0 aliphatic carbocycles. The fourth-order valence-corrected chi connectivity index (χ4v) is 5.35. The molecule has 0 radical (unpaired) electrons. The Morgan fingerprint density at radius 3 is 2.85 bits per heavy atom. The lowest BCUT2D eigenvalue weighted by molar-refractivity contribution is -0.133. The molecule has 2 aliphatic rings. The number of ether oxygens (including phenoxy) is 1. The molecule has 1 aromatic heterocycles. The lowest BCUT2D eigenvalue weighted by Crippen LogP contribution is -2.50. The topological polar surface area (TPSA) is 62.7 Å². The summed E-state index contributed by atoms with van der Waals surface area (Å²) < 4.78 is 5.85. The van der Waals surface area contributed by atoms with Gasteiger partial charge in [0.05, 0.1) is 16.4 Å². The molecule has 7 heteroatoms. The zero-order valence-electron chi connectivity index (χ0n) is 18.9. The zero-order chi connectivity index (χ0) is 22.9. The maximum atomic E-state index is 13.2. The predicted molar refractivity (Wildman–Crippen MR) is 130 cm³/mol. The highest BCUT2D eigenvalue weighted by Gasteiger charge is 2.34. The maximum absolute atomic E-state index is 13.2. The Bertz CT molecular complexity index is 1200. The highest BCUT2D eigenvalue weighted by Crippen LogP contribution is 2.38. The van der Waals surface area contributed by atoms with Crippen LogP contribution in [0.4, 0.5) is 5.69 Å². The number of rotatable bonds is 5. The average Bonchev–Trinajstić information content (AvgIpc) is 3.30. The van der Waals surface area contributed by atoms with E-state index >= 15 is 0 Å². The fraction of sp³-hybridized carbons (Fsp3) is 0.346. The minimum absolute atomic E-state index is 0.00328. The molecule has 0 saturated heterocycles. The Morgan fingerprint density at radius 2 is 2.03 bits per heavy atom. The van der Waals surface area contributed by atoms with E-state index in [1.165, 1.54) is 11.1 Å². The summed E-state index contributed by atoms with van der Waals surface area (Å²) in [6, 6.07) is 14.0. The van der Waals surface area contributed by atoms with Crippen molar-refractivity contribution in [2.75, 3.05) is 18.0 Å². The van der Waals surface area contributed by atoms with Gasteiger partial charge in [0.2, 0.25) is 5.91 Å². The van der Waals surface area contributed by atoms with E-state index in [2.05, 4.69) is 19.1 Å². The second-order valence-corrected chi connectivity index (χ2v) is 9.52. The summed E-state index contributed by atoms with van der Waals surface area (Å²) in [6.45, 7) is 5.11. The van der Waals surface area contributed by atoms with E-state index in [0.29, 0.717) is 24.5 Å². The average molecular weight is 462 g/mol. The van der Waals surface area contributed by atoms with Gasteiger partial charge in [-0.1, -0.05) is 31.2 Å². The number of amides is 2. The van der Waals surface area contributed by atoms with Crippen molar-refractivity contribution in [1.29, 1.82) is 0 Å². The quantitative estimate of drug-likeness (QED) is 0.563. The van der Waals surface area contributed by atoms with Crippen molar-refractivity contribution in [1.82, 2.24) is 9.88 Å². The maximum Gasteiger partial charge on any atom is 0.268 e. The summed E-state index contributed by atoms with van der Waals surface area (Å²) in [5, 5.41) is 3.14. The first-order valence-electron chi connectivity index (χ1n) is 11.4. The number of carbonyl (C=O) groups is 2. The third kappa shape index (κ3) is 4.25. The van der Waals surface area contributed by atoms with E-state index in [0.717, 1.165) is 35.5 Å². The smallest absolute Gasteiger partial charge is 0.268 e. The molecule has 6 nitrogen and oxygen atoms in total. The number of thiazole rings is 1. The largest absolute Gasteiger partial charge is 0.479 e. The molecule has 2 aromatic carbocycles. The zero-order valence-corrected chi connectivity index (χ0v) is 19.7. The van der Waals surface area contributed by atoms with Crippen LogP contribution < -0.4 is 9.64 Å². The van der Waals surface area contributed by atoms with Crippen LogP contribution in [0.15, 0.2) is 47.8 Å². The molecule has 1 unspecified atom stereocenters. The van der Waals surface area contributed by atoms with Gasteiger partial charge in [-0.05, 0) is 55.5 Å². The number of fused-ring (bicyclic) bond motifs is 2. The molecule has 5 rings (SSSR count). The predicted octanol–water partition coefficient (Wildman–Crippen LogP) is 4.46. The van der Waals surface area contributed by atoms with Gasteiger partial charge in [0.15, 0.2) is 6.10 Å². The Hall–Kier alpha value is -3.19. The Balaban J connectivity index is 1.40. The highest BCUT2D eigenvalue weighted by molar-refractivity contribution is 7.09. The van der Waals surface area contributed by atoms with Gasteiger partial charge < -0.3 is 9.64 Å². The van der Waals surface area contributed by atoms with E-state index in [9.17, 15) is 9.59 Å². The first-order valence-corrected chi connectivity index (χ1v) is 12.3. The summed E-state index contributed by atoms with van der Waals surface area (Å²) in [5.74, 6) is 0.365. The summed E-state index contributed by atoms with van der Waals surface area (Å²) in [4.78, 5) is 34.5. The van der Waals surface area contributed by atoms with Crippen LogP contribution in [0.5, 0.6) is 5.75 Å². The van der Waals surface area contributed by atoms with Crippen molar-refractivity contribution in [2.45, 2.75) is 45.8 Å². The lowest BCUT2D eigenvalue weighted by atomic mass is 10.00. The van der Waals surface area contributed by atoms with Crippen LogP contribution in [-0.2, 0) is 29.0 Å². The first-order chi connectivity index (χ1) is 16.0. The molecule has 1 atom stereocenters. The third-order valence-electron chi connectivity index (χ3n) is 6.26. The minimum Gasteiger partial charge on any atom is -0.479 e. The van der Waals surface area contributed by atoms with E-state index in [1.54, 1.807) is 23.2 Å². The van der Waals surface area contributed by atoms with E-state index in [-0.39, 0.29) is 18.4 Å². The normalized spacial score (nSPS) is 17.4. The first kappa shape index (κ1) is 21.6. The van der Waals surface area contributed by atoms with Crippen molar-refractivity contribution in [2.24, 2.45) is 0 Å². The van der Waals surface area contributed by atoms with E-state index in [1.807, 2.05) is 40.6 Å². The molecule has 0 bridgehead atoms. The van der Waals surface area contributed by atoms with Gasteiger partial charge in [0, 0.05) is 24.0 Å². The number of aromatic nitrogens is 1. The van der Waals surface area contributed by atoms with Crippen LogP contribution in [-0.4, -0.2) is 40.9 Å². The van der Waals surface area contributed by atoms with Crippen molar-refractivity contribution in [3.05, 3.63) is 64.0 Å². The summed E-state index contributed by atoms with van der Waals surface area (Å²) >= 11 is 1.65. The van der Waals surface area contributed by atoms with Crippen molar-refractivity contribution >= 4 is 28.8 Å². The Labute approximate surface area is 197 Å². The second-order valence-electron chi connectivity index (χ2n) is 8.58. The van der Waals surface area contributed by atoms with Crippen LogP contribution in [0.3, 0.4) is 0 Å². The minimum atomic E-state index is -0.631. The number of aryl methyl sites for hydroxylation is 1. The van der Waals surface area contributed by atoms with Gasteiger partial charge in [-0.25, -0.2) is 4.98 Å². The van der Waals surface area contributed by atoms with E-state index < -0.39 is 6.10 Å². The molecule has 2 amide bonds.